The van der Waals surface area contributed by atoms with E-state index in [9.17, 15) is 9.59 Å². The molecule has 1 aromatic heterocycles. The first-order valence-corrected chi connectivity index (χ1v) is 8.86. The van der Waals surface area contributed by atoms with Crippen molar-refractivity contribution in [2.75, 3.05) is 16.8 Å². The molecule has 26 heavy (non-hydrogen) atoms. The Hall–Kier alpha value is -2.60. The van der Waals surface area contributed by atoms with Crippen LogP contribution >= 0.6 is 11.6 Å². The number of pyridine rings is 1. The molecule has 0 unspecified atom stereocenters. The largest absolute Gasteiger partial charge is 0.464 e. The van der Waals surface area contributed by atoms with Gasteiger partial charge in [-0.2, -0.15) is 0 Å². The highest BCUT2D eigenvalue weighted by atomic mass is 35.5. The molecule has 136 valence electrons. The minimum absolute atomic E-state index is 0.414. The summed E-state index contributed by atoms with van der Waals surface area (Å²) in [7, 11) is 0. The lowest BCUT2D eigenvalue weighted by Crippen LogP contribution is -2.61. The predicted octanol–water partition coefficient (Wildman–Crippen LogP) is 3.66. The molecular formula is C19H20ClN3O3. The molecule has 1 aromatic carbocycles. The molecule has 0 saturated carbocycles. The maximum atomic E-state index is 13.1. The summed E-state index contributed by atoms with van der Waals surface area (Å²) in [5, 5.41) is 3.29. The molecule has 2 aromatic rings. The lowest BCUT2D eigenvalue weighted by Gasteiger charge is -2.38. The minimum Gasteiger partial charge on any atom is -0.464 e. The smallest absolute Gasteiger partial charge is 0.282 e. The summed E-state index contributed by atoms with van der Waals surface area (Å²) in [5.74, 6) is -0.107. The van der Waals surface area contributed by atoms with E-state index in [1.54, 1.807) is 42.6 Å². The number of carbonyl (C=O) groups is 2. The molecule has 1 aliphatic heterocycles. The number of amides is 2. The summed E-state index contributed by atoms with van der Waals surface area (Å²) in [6.45, 7) is 4.00. The van der Waals surface area contributed by atoms with Crippen molar-refractivity contribution >= 4 is 34.9 Å². The number of hydrogen-bond acceptors (Lipinski definition) is 4. The van der Waals surface area contributed by atoms with Crippen LogP contribution in [0.1, 0.15) is 26.7 Å². The summed E-state index contributed by atoms with van der Waals surface area (Å²) in [6.07, 6.45) is 3.32. The van der Waals surface area contributed by atoms with Crippen LogP contribution in [-0.4, -0.2) is 28.9 Å². The second kappa shape index (κ2) is 7.33. The lowest BCUT2D eigenvalue weighted by molar-refractivity contribution is -0.145. The summed E-state index contributed by atoms with van der Waals surface area (Å²) >= 11 is 5.87. The van der Waals surface area contributed by atoms with Crippen LogP contribution in [-0.2, 0) is 9.59 Å². The zero-order valence-electron chi connectivity index (χ0n) is 14.7. The van der Waals surface area contributed by atoms with E-state index in [1.165, 1.54) is 11.8 Å². The highest BCUT2D eigenvalue weighted by molar-refractivity contribution is 6.30. The number of anilines is 2. The molecule has 0 radical (unpaired) electrons. The third-order valence-corrected chi connectivity index (χ3v) is 4.50. The van der Waals surface area contributed by atoms with Crippen LogP contribution in [0.4, 0.5) is 11.5 Å². The first-order valence-electron chi connectivity index (χ1n) is 8.48. The zero-order valence-corrected chi connectivity index (χ0v) is 15.4. The number of hydrogen-bond donors (Lipinski definition) is 1. The van der Waals surface area contributed by atoms with Gasteiger partial charge in [0.2, 0.25) is 0 Å². The van der Waals surface area contributed by atoms with Crippen molar-refractivity contribution in [3.05, 3.63) is 47.6 Å². The van der Waals surface area contributed by atoms with Gasteiger partial charge in [0, 0.05) is 23.5 Å². The normalized spacial score (nSPS) is 18.9. The van der Waals surface area contributed by atoms with Gasteiger partial charge in [0.05, 0.1) is 0 Å². The number of fused-ring (bicyclic) bond motifs is 1. The summed E-state index contributed by atoms with van der Waals surface area (Å²) in [6, 6.07) is 10.1. The van der Waals surface area contributed by atoms with Crippen LogP contribution in [0.3, 0.4) is 0 Å². The van der Waals surface area contributed by atoms with E-state index in [2.05, 4.69) is 10.3 Å². The fourth-order valence-corrected chi connectivity index (χ4v) is 2.86. The number of unbranched alkanes of at least 4 members (excludes halogenated alkanes) is 1. The van der Waals surface area contributed by atoms with E-state index in [-0.39, 0.29) is 0 Å². The van der Waals surface area contributed by atoms with Crippen LogP contribution in [0.15, 0.2) is 42.6 Å². The molecule has 0 aliphatic carbocycles. The quantitative estimate of drug-likeness (QED) is 0.812. The molecule has 1 N–H and O–H groups in total. The molecule has 0 bridgehead atoms. The fraction of sp³-hybridized carbons (Fsp3) is 0.316. The standard InChI is InChI=1S/C19H20ClN3O3/c1-3-4-12-23-16-15(6-5-11-21-16)26-19(2,18(23)25)17(24)22-14-9-7-13(20)8-10-14/h5-11H,3-4,12H2,1-2H3,(H,22,24)/t19-/m0/s1. The molecule has 3 rings (SSSR count). The maximum Gasteiger partial charge on any atom is 0.282 e. The lowest BCUT2D eigenvalue weighted by atomic mass is 10.0. The third kappa shape index (κ3) is 3.37. The van der Waals surface area contributed by atoms with Gasteiger partial charge in [-0.15, -0.1) is 0 Å². The van der Waals surface area contributed by atoms with Crippen molar-refractivity contribution in [3.63, 3.8) is 0 Å². The molecule has 7 heteroatoms. The van der Waals surface area contributed by atoms with Gasteiger partial charge >= 0.3 is 0 Å². The number of ether oxygens (including phenoxy) is 1. The molecule has 0 saturated heterocycles. The van der Waals surface area contributed by atoms with Crippen molar-refractivity contribution in [2.45, 2.75) is 32.3 Å². The molecule has 0 fully saturated rings. The van der Waals surface area contributed by atoms with E-state index in [4.69, 9.17) is 16.3 Å². The molecular weight excluding hydrogens is 354 g/mol. The fourth-order valence-electron chi connectivity index (χ4n) is 2.73. The van der Waals surface area contributed by atoms with Crippen molar-refractivity contribution < 1.29 is 14.3 Å². The van der Waals surface area contributed by atoms with Crippen molar-refractivity contribution in [1.82, 2.24) is 4.98 Å². The Bertz CT molecular complexity index is 825. The third-order valence-electron chi connectivity index (χ3n) is 4.24. The zero-order chi connectivity index (χ0) is 18.7. The Labute approximate surface area is 157 Å². The van der Waals surface area contributed by atoms with Crippen molar-refractivity contribution in [1.29, 1.82) is 0 Å². The topological polar surface area (TPSA) is 71.5 Å². The predicted molar refractivity (Wildman–Crippen MR) is 101 cm³/mol. The Kier molecular flexibility index (Phi) is 5.13. The number of nitrogens with zero attached hydrogens (tertiary/aromatic N) is 2. The molecule has 2 amide bonds. The van der Waals surface area contributed by atoms with Crippen LogP contribution in [0.25, 0.3) is 0 Å². The average Bonchev–Trinajstić information content (AvgIpc) is 2.64. The number of aromatic nitrogens is 1. The summed E-state index contributed by atoms with van der Waals surface area (Å²) < 4.78 is 5.81. The molecule has 1 aliphatic rings. The highest BCUT2D eigenvalue weighted by Crippen LogP contribution is 2.36. The van der Waals surface area contributed by atoms with E-state index in [1.807, 2.05) is 6.92 Å². The van der Waals surface area contributed by atoms with Gasteiger partial charge in [-0.25, -0.2) is 4.98 Å². The van der Waals surface area contributed by atoms with Gasteiger partial charge in [-0.05, 0) is 49.7 Å². The Morgan fingerprint density at radius 2 is 2.04 bits per heavy atom. The van der Waals surface area contributed by atoms with Crippen LogP contribution < -0.4 is 15.0 Å². The van der Waals surface area contributed by atoms with Crippen molar-refractivity contribution in [2.24, 2.45) is 0 Å². The second-order valence-electron chi connectivity index (χ2n) is 6.23. The van der Waals surface area contributed by atoms with Gasteiger partial charge in [-0.3, -0.25) is 14.5 Å². The van der Waals surface area contributed by atoms with Crippen LogP contribution in [0.2, 0.25) is 5.02 Å². The van der Waals surface area contributed by atoms with Gasteiger partial charge in [0.15, 0.2) is 11.6 Å². The van der Waals surface area contributed by atoms with E-state index in [0.717, 1.165) is 12.8 Å². The maximum absolute atomic E-state index is 13.1. The van der Waals surface area contributed by atoms with E-state index < -0.39 is 17.4 Å². The van der Waals surface area contributed by atoms with Crippen LogP contribution in [0, 0.1) is 0 Å². The first-order chi connectivity index (χ1) is 12.5. The SMILES string of the molecule is CCCCN1C(=O)[C@](C)(C(=O)Nc2ccc(Cl)cc2)Oc2cccnc21. The van der Waals surface area contributed by atoms with Gasteiger partial charge in [0.1, 0.15) is 0 Å². The van der Waals surface area contributed by atoms with Gasteiger partial charge < -0.3 is 10.1 Å². The Balaban J connectivity index is 1.91. The monoisotopic (exact) mass is 373 g/mol. The first kappa shape index (κ1) is 18.2. The molecule has 6 nitrogen and oxygen atoms in total. The highest BCUT2D eigenvalue weighted by Gasteiger charge is 2.51. The van der Waals surface area contributed by atoms with Crippen molar-refractivity contribution in [3.8, 4) is 5.75 Å². The van der Waals surface area contributed by atoms with Gasteiger partial charge in [-0.1, -0.05) is 24.9 Å². The summed E-state index contributed by atoms with van der Waals surface area (Å²) in [5.41, 5.74) is -1.14. The number of halogens is 1. The molecule has 2 heterocycles. The Morgan fingerprint density at radius 1 is 1.31 bits per heavy atom. The number of carbonyl (C=O) groups excluding carboxylic acids is 2. The number of nitrogens with one attached hydrogen (secondary N) is 1. The average molecular weight is 374 g/mol. The van der Waals surface area contributed by atoms with Crippen LogP contribution in [0.5, 0.6) is 5.75 Å². The number of rotatable bonds is 5. The molecule has 0 spiro atoms. The number of benzene rings is 1. The van der Waals surface area contributed by atoms with E-state index in [0.29, 0.717) is 28.8 Å². The molecule has 1 atom stereocenters. The minimum atomic E-state index is -1.68. The van der Waals surface area contributed by atoms with Gasteiger partial charge in [0.25, 0.3) is 17.4 Å². The van der Waals surface area contributed by atoms with E-state index >= 15 is 0 Å². The Morgan fingerprint density at radius 3 is 2.73 bits per heavy atom. The summed E-state index contributed by atoms with van der Waals surface area (Å²) in [4.78, 5) is 31.7. The second-order valence-corrected chi connectivity index (χ2v) is 6.67.